The summed E-state index contributed by atoms with van der Waals surface area (Å²) in [5.74, 6) is 0.692. The molecule has 2 unspecified atom stereocenters. The largest absolute Gasteiger partial charge is 0.374 e. The Balaban J connectivity index is 2.75. The van der Waals surface area contributed by atoms with Gasteiger partial charge in [0.25, 0.3) is 0 Å². The van der Waals surface area contributed by atoms with E-state index in [1.807, 2.05) is 0 Å². The standard InChI is InChI=1S/C16H27ClN2/c1-5-12(3)11-19(4)15-8-7-13(16(17)10-15)9-14(18)6-2/h7-8,10,12,14H,5-6,9,11,18H2,1-4H3. The lowest BCUT2D eigenvalue weighted by atomic mass is 10.0. The van der Waals surface area contributed by atoms with Gasteiger partial charge < -0.3 is 10.6 Å². The van der Waals surface area contributed by atoms with E-state index in [-0.39, 0.29) is 6.04 Å². The number of anilines is 1. The first-order valence-corrected chi connectivity index (χ1v) is 7.60. The minimum Gasteiger partial charge on any atom is -0.374 e. The summed E-state index contributed by atoms with van der Waals surface area (Å²) in [6.45, 7) is 7.65. The van der Waals surface area contributed by atoms with Gasteiger partial charge in [-0.2, -0.15) is 0 Å². The molecule has 2 nitrogen and oxygen atoms in total. The number of nitrogens with zero attached hydrogens (tertiary/aromatic N) is 1. The van der Waals surface area contributed by atoms with Gasteiger partial charge in [-0.1, -0.05) is 44.9 Å². The van der Waals surface area contributed by atoms with Gasteiger partial charge in [0.05, 0.1) is 0 Å². The molecule has 0 aliphatic heterocycles. The van der Waals surface area contributed by atoms with Crippen LogP contribution < -0.4 is 10.6 Å². The summed E-state index contributed by atoms with van der Waals surface area (Å²) in [7, 11) is 2.12. The van der Waals surface area contributed by atoms with Crippen LogP contribution in [0, 0.1) is 5.92 Å². The zero-order valence-electron chi connectivity index (χ0n) is 12.6. The van der Waals surface area contributed by atoms with Crippen molar-refractivity contribution in [3.63, 3.8) is 0 Å². The highest BCUT2D eigenvalue weighted by Crippen LogP contribution is 2.25. The maximum atomic E-state index is 6.36. The minimum atomic E-state index is 0.196. The van der Waals surface area contributed by atoms with Crippen molar-refractivity contribution < 1.29 is 0 Å². The van der Waals surface area contributed by atoms with Crippen LogP contribution in [0.25, 0.3) is 0 Å². The van der Waals surface area contributed by atoms with Crippen molar-refractivity contribution in [2.75, 3.05) is 18.5 Å². The van der Waals surface area contributed by atoms with Gasteiger partial charge in [-0.25, -0.2) is 0 Å². The lowest BCUT2D eigenvalue weighted by molar-refractivity contribution is 0.560. The van der Waals surface area contributed by atoms with E-state index in [4.69, 9.17) is 17.3 Å². The third-order valence-electron chi connectivity index (χ3n) is 3.77. The SMILES string of the molecule is CCC(C)CN(C)c1ccc(CC(N)CC)c(Cl)c1. The molecule has 0 saturated heterocycles. The second-order valence-electron chi connectivity index (χ2n) is 5.54. The van der Waals surface area contributed by atoms with Crippen LogP contribution in [0.2, 0.25) is 5.02 Å². The van der Waals surface area contributed by atoms with E-state index in [9.17, 15) is 0 Å². The average molecular weight is 283 g/mol. The lowest BCUT2D eigenvalue weighted by Gasteiger charge is -2.23. The van der Waals surface area contributed by atoms with Gasteiger partial charge in [-0.05, 0) is 36.5 Å². The molecule has 0 bridgehead atoms. The Hall–Kier alpha value is -0.730. The first-order chi connectivity index (χ1) is 8.97. The Labute approximate surface area is 122 Å². The fourth-order valence-electron chi connectivity index (χ4n) is 2.07. The van der Waals surface area contributed by atoms with Crippen molar-refractivity contribution >= 4 is 17.3 Å². The summed E-state index contributed by atoms with van der Waals surface area (Å²) >= 11 is 6.36. The second-order valence-corrected chi connectivity index (χ2v) is 5.95. The lowest BCUT2D eigenvalue weighted by Crippen LogP contribution is -2.24. The van der Waals surface area contributed by atoms with Gasteiger partial charge in [0.1, 0.15) is 0 Å². The van der Waals surface area contributed by atoms with E-state index < -0.39 is 0 Å². The van der Waals surface area contributed by atoms with Crippen LogP contribution in [-0.4, -0.2) is 19.6 Å². The number of nitrogens with two attached hydrogens (primary N) is 1. The predicted octanol–water partition coefficient (Wildman–Crippen LogP) is 4.10. The first kappa shape index (κ1) is 16.3. The number of hydrogen-bond donors (Lipinski definition) is 1. The van der Waals surface area contributed by atoms with Crippen molar-refractivity contribution in [2.24, 2.45) is 11.7 Å². The normalized spacial score (nSPS) is 14.2. The summed E-state index contributed by atoms with van der Waals surface area (Å²) in [6, 6.07) is 6.51. The molecule has 1 aromatic carbocycles. The zero-order chi connectivity index (χ0) is 14.4. The van der Waals surface area contributed by atoms with Crippen molar-refractivity contribution in [3.8, 4) is 0 Å². The molecule has 0 heterocycles. The van der Waals surface area contributed by atoms with Gasteiger partial charge in [0.2, 0.25) is 0 Å². The molecule has 1 rings (SSSR count). The molecular weight excluding hydrogens is 256 g/mol. The number of rotatable bonds is 7. The van der Waals surface area contributed by atoms with Crippen molar-refractivity contribution in [3.05, 3.63) is 28.8 Å². The summed E-state index contributed by atoms with van der Waals surface area (Å²) in [5.41, 5.74) is 8.32. The van der Waals surface area contributed by atoms with Crippen molar-refractivity contribution in [2.45, 2.75) is 46.1 Å². The maximum absolute atomic E-state index is 6.36. The van der Waals surface area contributed by atoms with Crippen LogP contribution in [0.1, 0.15) is 39.2 Å². The Morgan fingerprint density at radius 2 is 1.95 bits per heavy atom. The average Bonchev–Trinajstić information content (AvgIpc) is 2.40. The molecule has 0 radical (unpaired) electrons. The van der Waals surface area contributed by atoms with Crippen LogP contribution in [0.3, 0.4) is 0 Å². The highest BCUT2D eigenvalue weighted by molar-refractivity contribution is 6.31. The number of halogens is 1. The smallest absolute Gasteiger partial charge is 0.0459 e. The third-order valence-corrected chi connectivity index (χ3v) is 4.12. The monoisotopic (exact) mass is 282 g/mol. The molecule has 0 amide bonds. The molecule has 2 atom stereocenters. The molecule has 0 aliphatic carbocycles. The van der Waals surface area contributed by atoms with Crippen molar-refractivity contribution in [1.29, 1.82) is 0 Å². The van der Waals surface area contributed by atoms with E-state index in [0.717, 1.165) is 30.0 Å². The quantitative estimate of drug-likeness (QED) is 0.816. The molecule has 2 N–H and O–H groups in total. The summed E-state index contributed by atoms with van der Waals surface area (Å²) < 4.78 is 0. The minimum absolute atomic E-state index is 0.196. The molecule has 3 heteroatoms. The molecule has 0 saturated carbocycles. The van der Waals surface area contributed by atoms with Gasteiger partial charge in [0, 0.05) is 30.3 Å². The van der Waals surface area contributed by atoms with E-state index in [2.05, 4.69) is 50.9 Å². The Morgan fingerprint density at radius 1 is 1.26 bits per heavy atom. The molecule has 0 fully saturated rings. The van der Waals surface area contributed by atoms with Gasteiger partial charge in [-0.15, -0.1) is 0 Å². The number of hydrogen-bond acceptors (Lipinski definition) is 2. The highest BCUT2D eigenvalue weighted by Gasteiger charge is 2.10. The molecule has 108 valence electrons. The van der Waals surface area contributed by atoms with E-state index in [0.29, 0.717) is 5.92 Å². The molecule has 0 aliphatic rings. The maximum Gasteiger partial charge on any atom is 0.0459 e. The summed E-state index contributed by atoms with van der Waals surface area (Å²) in [6.07, 6.45) is 3.03. The summed E-state index contributed by atoms with van der Waals surface area (Å²) in [5, 5.41) is 0.831. The van der Waals surface area contributed by atoms with Crippen molar-refractivity contribution in [1.82, 2.24) is 0 Å². The second kappa shape index (κ2) is 7.76. The van der Waals surface area contributed by atoms with Crippen LogP contribution in [-0.2, 0) is 6.42 Å². The molecule has 19 heavy (non-hydrogen) atoms. The van der Waals surface area contributed by atoms with Crippen LogP contribution in [0.5, 0.6) is 0 Å². The molecule has 0 aromatic heterocycles. The van der Waals surface area contributed by atoms with E-state index in [1.165, 1.54) is 12.1 Å². The topological polar surface area (TPSA) is 29.3 Å². The molecule has 1 aromatic rings. The summed E-state index contributed by atoms with van der Waals surface area (Å²) in [4.78, 5) is 2.27. The molecule has 0 spiro atoms. The predicted molar refractivity (Wildman–Crippen MR) is 86.1 cm³/mol. The van der Waals surface area contributed by atoms with Crippen LogP contribution in [0.4, 0.5) is 5.69 Å². The number of benzene rings is 1. The zero-order valence-corrected chi connectivity index (χ0v) is 13.4. The van der Waals surface area contributed by atoms with E-state index >= 15 is 0 Å². The van der Waals surface area contributed by atoms with Gasteiger partial charge in [0.15, 0.2) is 0 Å². The Morgan fingerprint density at radius 3 is 2.47 bits per heavy atom. The van der Waals surface area contributed by atoms with E-state index in [1.54, 1.807) is 0 Å². The Bertz CT molecular complexity index is 392. The fraction of sp³-hybridized carbons (Fsp3) is 0.625. The Kier molecular flexibility index (Phi) is 6.67. The third kappa shape index (κ3) is 5.04. The molecular formula is C16H27ClN2. The highest BCUT2D eigenvalue weighted by atomic mass is 35.5. The van der Waals surface area contributed by atoms with Gasteiger partial charge >= 0.3 is 0 Å². The van der Waals surface area contributed by atoms with Crippen LogP contribution >= 0.6 is 11.6 Å². The van der Waals surface area contributed by atoms with Gasteiger partial charge in [-0.3, -0.25) is 0 Å². The fourth-order valence-corrected chi connectivity index (χ4v) is 2.32. The van der Waals surface area contributed by atoms with Crippen LogP contribution in [0.15, 0.2) is 18.2 Å². The first-order valence-electron chi connectivity index (χ1n) is 7.23.